The van der Waals surface area contributed by atoms with Crippen molar-refractivity contribution in [3.8, 4) is 0 Å². The van der Waals surface area contributed by atoms with Gasteiger partial charge in [-0.25, -0.2) is 0 Å². The largest absolute Gasteiger partial charge is 0.368 e. The molecule has 4 N–H and O–H groups in total. The van der Waals surface area contributed by atoms with Crippen molar-refractivity contribution in [3.05, 3.63) is 29.6 Å². The van der Waals surface area contributed by atoms with Crippen LogP contribution >= 0.6 is 0 Å². The molecule has 94 valence electrons. The lowest BCUT2D eigenvalue weighted by atomic mass is 10.2. The third-order valence-electron chi connectivity index (χ3n) is 2.60. The van der Waals surface area contributed by atoms with Crippen molar-refractivity contribution in [2.75, 3.05) is 13.1 Å². The lowest BCUT2D eigenvalue weighted by molar-refractivity contribution is -0.119. The van der Waals surface area contributed by atoms with Gasteiger partial charge in [0.15, 0.2) is 0 Å². The number of carbonyl (C=O) groups excluding carboxylic acids is 1. The van der Waals surface area contributed by atoms with Crippen molar-refractivity contribution in [1.82, 2.24) is 9.88 Å². The molecule has 1 rings (SSSR count). The second-order valence-electron chi connectivity index (χ2n) is 4.11. The lowest BCUT2D eigenvalue weighted by Gasteiger charge is -2.22. The van der Waals surface area contributed by atoms with Crippen molar-refractivity contribution >= 4 is 5.91 Å². The molecule has 1 heterocycles. The Hall–Kier alpha value is -1.46. The van der Waals surface area contributed by atoms with Gasteiger partial charge >= 0.3 is 0 Å². The molecule has 0 bridgehead atoms. The van der Waals surface area contributed by atoms with E-state index in [4.69, 9.17) is 11.5 Å². The van der Waals surface area contributed by atoms with Gasteiger partial charge in [0, 0.05) is 18.8 Å². The normalized spacial score (nSPS) is 12.7. The summed E-state index contributed by atoms with van der Waals surface area (Å²) in [6.07, 6.45) is 0. The Bertz CT molecular complexity index is 381. The first-order chi connectivity index (χ1) is 8.02. The van der Waals surface area contributed by atoms with Gasteiger partial charge in [-0.05, 0) is 25.6 Å². The monoisotopic (exact) mass is 236 g/mol. The third-order valence-corrected chi connectivity index (χ3v) is 2.60. The van der Waals surface area contributed by atoms with Gasteiger partial charge in [-0.3, -0.25) is 14.7 Å². The van der Waals surface area contributed by atoms with Crippen LogP contribution in [0, 0.1) is 6.92 Å². The van der Waals surface area contributed by atoms with E-state index in [0.29, 0.717) is 13.1 Å². The predicted octanol–water partition coefficient (Wildman–Crippen LogP) is 0.0245. The predicted molar refractivity (Wildman–Crippen MR) is 67.1 cm³/mol. The van der Waals surface area contributed by atoms with E-state index in [9.17, 15) is 4.79 Å². The Balaban J connectivity index is 2.61. The smallest absolute Gasteiger partial charge is 0.235 e. The molecule has 0 saturated carbocycles. The Morgan fingerprint density at radius 3 is 2.76 bits per heavy atom. The molecule has 1 atom stereocenters. The van der Waals surface area contributed by atoms with E-state index < -0.39 is 11.9 Å². The number of carbonyl (C=O) groups is 1. The highest BCUT2D eigenvalue weighted by Gasteiger charge is 2.14. The first kappa shape index (κ1) is 13.6. The molecule has 0 fully saturated rings. The Kier molecular flexibility index (Phi) is 5.06. The maximum atomic E-state index is 10.9. The summed E-state index contributed by atoms with van der Waals surface area (Å²) in [6.45, 7) is 5.91. The Morgan fingerprint density at radius 1 is 1.53 bits per heavy atom. The fraction of sp³-hybridized carbons (Fsp3) is 0.500. The van der Waals surface area contributed by atoms with Crippen LogP contribution in [-0.2, 0) is 11.3 Å². The SMILES string of the molecule is CCN(Cc1cccc(C)n1)CC(N)C(N)=O. The molecule has 0 radical (unpaired) electrons. The van der Waals surface area contributed by atoms with Crippen LogP contribution < -0.4 is 11.5 Å². The standard InChI is InChI=1S/C12H20N4O/c1-3-16(8-11(13)12(14)17)7-10-6-4-5-9(2)15-10/h4-6,11H,3,7-8,13H2,1-2H3,(H2,14,17). The topological polar surface area (TPSA) is 85.2 Å². The average Bonchev–Trinajstić information content (AvgIpc) is 2.27. The number of pyridine rings is 1. The number of primary amides is 1. The van der Waals surface area contributed by atoms with Crippen LogP contribution in [0.5, 0.6) is 0 Å². The van der Waals surface area contributed by atoms with Crippen molar-refractivity contribution < 1.29 is 4.79 Å². The van der Waals surface area contributed by atoms with Gasteiger partial charge in [-0.15, -0.1) is 0 Å². The van der Waals surface area contributed by atoms with E-state index in [2.05, 4.69) is 9.88 Å². The van der Waals surface area contributed by atoms with Gasteiger partial charge in [0.05, 0.1) is 11.7 Å². The number of amides is 1. The minimum Gasteiger partial charge on any atom is -0.368 e. The number of hydrogen-bond donors (Lipinski definition) is 2. The van der Waals surface area contributed by atoms with Crippen LogP contribution in [0.4, 0.5) is 0 Å². The summed E-state index contributed by atoms with van der Waals surface area (Å²) >= 11 is 0. The van der Waals surface area contributed by atoms with E-state index in [1.807, 2.05) is 32.0 Å². The van der Waals surface area contributed by atoms with Gasteiger partial charge < -0.3 is 11.5 Å². The minimum atomic E-state index is -0.625. The fourth-order valence-electron chi connectivity index (χ4n) is 1.59. The van der Waals surface area contributed by atoms with Crippen molar-refractivity contribution in [1.29, 1.82) is 0 Å². The molecule has 0 aromatic carbocycles. The first-order valence-electron chi connectivity index (χ1n) is 5.72. The Labute approximate surface area is 102 Å². The zero-order valence-electron chi connectivity index (χ0n) is 10.4. The molecular weight excluding hydrogens is 216 g/mol. The lowest BCUT2D eigenvalue weighted by Crippen LogP contribution is -2.45. The molecular formula is C12H20N4O. The second kappa shape index (κ2) is 6.32. The zero-order chi connectivity index (χ0) is 12.8. The molecule has 0 aliphatic heterocycles. The number of hydrogen-bond acceptors (Lipinski definition) is 4. The Morgan fingerprint density at radius 2 is 2.24 bits per heavy atom. The molecule has 1 aromatic rings. The van der Waals surface area contributed by atoms with Gasteiger partial charge in [0.2, 0.25) is 5.91 Å². The number of aryl methyl sites for hydroxylation is 1. The van der Waals surface area contributed by atoms with Crippen LogP contribution in [0.1, 0.15) is 18.3 Å². The van der Waals surface area contributed by atoms with E-state index in [-0.39, 0.29) is 0 Å². The molecule has 0 aliphatic carbocycles. The molecule has 0 saturated heterocycles. The maximum Gasteiger partial charge on any atom is 0.235 e. The first-order valence-corrected chi connectivity index (χ1v) is 5.72. The van der Waals surface area contributed by atoms with Crippen molar-refractivity contribution in [2.45, 2.75) is 26.4 Å². The van der Waals surface area contributed by atoms with Crippen LogP contribution in [0.15, 0.2) is 18.2 Å². The fourth-order valence-corrected chi connectivity index (χ4v) is 1.59. The quantitative estimate of drug-likeness (QED) is 0.729. The van der Waals surface area contributed by atoms with E-state index in [1.54, 1.807) is 0 Å². The summed E-state index contributed by atoms with van der Waals surface area (Å²) < 4.78 is 0. The summed E-state index contributed by atoms with van der Waals surface area (Å²) in [5.74, 6) is -0.472. The number of aromatic nitrogens is 1. The molecule has 17 heavy (non-hydrogen) atoms. The van der Waals surface area contributed by atoms with Crippen LogP contribution in [-0.4, -0.2) is 34.9 Å². The van der Waals surface area contributed by atoms with Gasteiger partial charge in [0.1, 0.15) is 0 Å². The number of nitrogens with two attached hydrogens (primary N) is 2. The molecule has 1 unspecified atom stereocenters. The van der Waals surface area contributed by atoms with Crippen LogP contribution in [0.2, 0.25) is 0 Å². The number of rotatable bonds is 6. The average molecular weight is 236 g/mol. The number of likely N-dealkylation sites (N-methyl/N-ethyl adjacent to an activating group) is 1. The van der Waals surface area contributed by atoms with Crippen LogP contribution in [0.3, 0.4) is 0 Å². The van der Waals surface area contributed by atoms with Crippen LogP contribution in [0.25, 0.3) is 0 Å². The van der Waals surface area contributed by atoms with E-state index in [0.717, 1.165) is 17.9 Å². The van der Waals surface area contributed by atoms with E-state index in [1.165, 1.54) is 0 Å². The number of nitrogens with zero attached hydrogens (tertiary/aromatic N) is 2. The molecule has 0 aliphatic rings. The maximum absolute atomic E-state index is 10.9. The summed E-state index contributed by atoms with van der Waals surface area (Å²) in [7, 11) is 0. The third kappa shape index (κ3) is 4.50. The highest BCUT2D eigenvalue weighted by Crippen LogP contribution is 2.03. The summed E-state index contributed by atoms with van der Waals surface area (Å²) in [5.41, 5.74) is 12.7. The highest BCUT2D eigenvalue weighted by molar-refractivity contribution is 5.79. The molecule has 5 heteroatoms. The molecule has 0 spiro atoms. The second-order valence-corrected chi connectivity index (χ2v) is 4.11. The summed E-state index contributed by atoms with van der Waals surface area (Å²) in [5, 5.41) is 0. The minimum absolute atomic E-state index is 0.460. The van der Waals surface area contributed by atoms with Crippen molar-refractivity contribution in [3.63, 3.8) is 0 Å². The molecule has 1 aromatic heterocycles. The molecule has 5 nitrogen and oxygen atoms in total. The zero-order valence-corrected chi connectivity index (χ0v) is 10.4. The van der Waals surface area contributed by atoms with Crippen molar-refractivity contribution in [2.24, 2.45) is 11.5 Å². The summed E-state index contributed by atoms with van der Waals surface area (Å²) in [6, 6.07) is 5.26. The van der Waals surface area contributed by atoms with Gasteiger partial charge in [-0.2, -0.15) is 0 Å². The van der Waals surface area contributed by atoms with E-state index >= 15 is 0 Å². The highest BCUT2D eigenvalue weighted by atomic mass is 16.1. The summed E-state index contributed by atoms with van der Waals surface area (Å²) in [4.78, 5) is 17.4. The van der Waals surface area contributed by atoms with Gasteiger partial charge in [-0.1, -0.05) is 13.0 Å². The molecule has 1 amide bonds. The van der Waals surface area contributed by atoms with Gasteiger partial charge in [0.25, 0.3) is 0 Å².